The average Bonchev–Trinajstić information content (AvgIpc) is 2.62. The standard InChI is InChI=1S/C14H14N2O2/c15-13-7-4-9-16(10-8-13)14(17)18-11-12-5-2-1-3-6-12/h1-10H,11,15H2. The minimum Gasteiger partial charge on any atom is -0.444 e. The van der Waals surface area contributed by atoms with Gasteiger partial charge in [0.1, 0.15) is 6.61 Å². The van der Waals surface area contributed by atoms with Crippen LogP contribution in [-0.4, -0.2) is 11.0 Å². The van der Waals surface area contributed by atoms with E-state index in [9.17, 15) is 4.79 Å². The van der Waals surface area contributed by atoms with E-state index in [4.69, 9.17) is 10.5 Å². The predicted molar refractivity (Wildman–Crippen MR) is 69.0 cm³/mol. The van der Waals surface area contributed by atoms with Crippen LogP contribution in [0.2, 0.25) is 0 Å². The second-order valence-corrected chi connectivity index (χ2v) is 3.77. The normalized spacial score (nSPS) is 14.0. The number of carbonyl (C=O) groups excluding carboxylic acids is 1. The quantitative estimate of drug-likeness (QED) is 0.866. The summed E-state index contributed by atoms with van der Waals surface area (Å²) in [6.07, 6.45) is 7.78. The summed E-state index contributed by atoms with van der Waals surface area (Å²) in [5.74, 6) is 0. The van der Waals surface area contributed by atoms with Crippen molar-refractivity contribution in [2.75, 3.05) is 0 Å². The van der Waals surface area contributed by atoms with Gasteiger partial charge >= 0.3 is 6.09 Å². The van der Waals surface area contributed by atoms with E-state index in [1.54, 1.807) is 30.6 Å². The molecule has 0 aliphatic carbocycles. The Morgan fingerprint density at radius 1 is 1.22 bits per heavy atom. The molecular formula is C14H14N2O2. The molecule has 4 heteroatoms. The summed E-state index contributed by atoms with van der Waals surface area (Å²) in [5.41, 5.74) is 7.14. The SMILES string of the molecule is NC1=CC=CN(C(=O)OCc2ccccc2)C=C1. The lowest BCUT2D eigenvalue weighted by Crippen LogP contribution is -2.20. The molecule has 1 aromatic carbocycles. The number of hydrogen-bond acceptors (Lipinski definition) is 3. The van der Waals surface area contributed by atoms with Gasteiger partial charge in [0.05, 0.1) is 0 Å². The Balaban J connectivity index is 1.91. The molecule has 1 aromatic rings. The summed E-state index contributed by atoms with van der Waals surface area (Å²) >= 11 is 0. The van der Waals surface area contributed by atoms with Crippen molar-refractivity contribution in [2.24, 2.45) is 5.73 Å². The summed E-state index contributed by atoms with van der Waals surface area (Å²) in [5, 5.41) is 0. The third-order valence-electron chi connectivity index (χ3n) is 2.38. The van der Waals surface area contributed by atoms with Gasteiger partial charge < -0.3 is 10.5 Å². The number of allylic oxidation sites excluding steroid dienone is 3. The fourth-order valence-electron chi connectivity index (χ4n) is 1.43. The zero-order valence-corrected chi connectivity index (χ0v) is 9.82. The van der Waals surface area contributed by atoms with Crippen molar-refractivity contribution >= 4 is 6.09 Å². The number of rotatable bonds is 2. The molecule has 2 rings (SSSR count). The second kappa shape index (κ2) is 5.72. The van der Waals surface area contributed by atoms with Crippen molar-refractivity contribution in [3.63, 3.8) is 0 Å². The number of benzene rings is 1. The third kappa shape index (κ3) is 3.25. The van der Waals surface area contributed by atoms with Crippen LogP contribution < -0.4 is 5.73 Å². The summed E-state index contributed by atoms with van der Waals surface area (Å²) in [6, 6.07) is 9.53. The first-order valence-electron chi connectivity index (χ1n) is 5.57. The Labute approximate surface area is 106 Å². The second-order valence-electron chi connectivity index (χ2n) is 3.77. The van der Waals surface area contributed by atoms with E-state index in [0.29, 0.717) is 5.70 Å². The third-order valence-corrected chi connectivity index (χ3v) is 2.38. The van der Waals surface area contributed by atoms with Crippen LogP contribution in [0.1, 0.15) is 5.56 Å². The fraction of sp³-hybridized carbons (Fsp3) is 0.0714. The number of amides is 1. The van der Waals surface area contributed by atoms with E-state index in [-0.39, 0.29) is 6.61 Å². The van der Waals surface area contributed by atoms with Crippen molar-refractivity contribution in [3.05, 3.63) is 72.2 Å². The molecular weight excluding hydrogens is 228 g/mol. The Hall–Kier alpha value is -2.49. The van der Waals surface area contributed by atoms with Gasteiger partial charge in [-0.25, -0.2) is 4.79 Å². The minimum absolute atomic E-state index is 0.251. The van der Waals surface area contributed by atoms with Crippen LogP contribution in [0, 0.1) is 0 Å². The van der Waals surface area contributed by atoms with E-state index in [2.05, 4.69) is 0 Å². The first-order chi connectivity index (χ1) is 8.75. The van der Waals surface area contributed by atoms with Crippen LogP contribution in [0.5, 0.6) is 0 Å². The van der Waals surface area contributed by atoms with E-state index in [1.165, 1.54) is 4.90 Å². The summed E-state index contributed by atoms with van der Waals surface area (Å²) in [4.78, 5) is 13.1. The zero-order valence-electron chi connectivity index (χ0n) is 9.82. The number of nitrogens with two attached hydrogens (primary N) is 1. The number of nitrogens with zero attached hydrogens (tertiary/aromatic N) is 1. The van der Waals surface area contributed by atoms with Crippen molar-refractivity contribution in [1.82, 2.24) is 4.90 Å². The molecule has 0 saturated heterocycles. The van der Waals surface area contributed by atoms with Gasteiger partial charge in [-0.2, -0.15) is 0 Å². The molecule has 0 spiro atoms. The zero-order chi connectivity index (χ0) is 12.8. The molecule has 1 aliphatic rings. The first kappa shape index (κ1) is 12.0. The summed E-state index contributed by atoms with van der Waals surface area (Å²) < 4.78 is 5.18. The Bertz CT molecular complexity index is 504. The molecule has 92 valence electrons. The summed E-state index contributed by atoms with van der Waals surface area (Å²) in [7, 11) is 0. The van der Waals surface area contributed by atoms with Gasteiger partial charge in [-0.3, -0.25) is 4.90 Å². The molecule has 0 saturated carbocycles. The number of ether oxygens (including phenoxy) is 1. The Morgan fingerprint density at radius 3 is 2.78 bits per heavy atom. The van der Waals surface area contributed by atoms with E-state index in [0.717, 1.165) is 5.56 Å². The number of carbonyl (C=O) groups is 1. The highest BCUT2D eigenvalue weighted by Gasteiger charge is 2.10. The van der Waals surface area contributed by atoms with Gasteiger partial charge in [-0.15, -0.1) is 0 Å². The molecule has 0 radical (unpaired) electrons. The lowest BCUT2D eigenvalue weighted by atomic mass is 10.2. The van der Waals surface area contributed by atoms with Crippen LogP contribution >= 0.6 is 0 Å². The average molecular weight is 242 g/mol. The molecule has 1 aliphatic heterocycles. The molecule has 0 aromatic heterocycles. The van der Waals surface area contributed by atoms with Crippen molar-refractivity contribution in [2.45, 2.75) is 6.61 Å². The molecule has 4 nitrogen and oxygen atoms in total. The summed E-state index contributed by atoms with van der Waals surface area (Å²) in [6.45, 7) is 0.251. The van der Waals surface area contributed by atoms with Crippen LogP contribution in [0.15, 0.2) is 66.7 Å². The van der Waals surface area contributed by atoms with Crippen molar-refractivity contribution < 1.29 is 9.53 Å². The molecule has 18 heavy (non-hydrogen) atoms. The highest BCUT2D eigenvalue weighted by Crippen LogP contribution is 2.06. The van der Waals surface area contributed by atoms with Crippen LogP contribution in [0.25, 0.3) is 0 Å². The maximum Gasteiger partial charge on any atom is 0.418 e. The smallest absolute Gasteiger partial charge is 0.418 e. The van der Waals surface area contributed by atoms with Gasteiger partial charge in [-0.1, -0.05) is 30.3 Å². The van der Waals surface area contributed by atoms with Crippen LogP contribution in [0.3, 0.4) is 0 Å². The predicted octanol–water partition coefficient (Wildman–Crippen LogP) is 2.51. The lowest BCUT2D eigenvalue weighted by molar-refractivity contribution is 0.121. The molecule has 1 heterocycles. The lowest BCUT2D eigenvalue weighted by Gasteiger charge is -2.12. The van der Waals surface area contributed by atoms with E-state index >= 15 is 0 Å². The molecule has 0 bridgehead atoms. The van der Waals surface area contributed by atoms with Gasteiger partial charge in [0, 0.05) is 18.1 Å². The maximum atomic E-state index is 11.8. The van der Waals surface area contributed by atoms with Gasteiger partial charge in [0.2, 0.25) is 0 Å². The molecule has 2 N–H and O–H groups in total. The van der Waals surface area contributed by atoms with Gasteiger partial charge in [-0.05, 0) is 23.8 Å². The monoisotopic (exact) mass is 242 g/mol. The van der Waals surface area contributed by atoms with E-state index in [1.807, 2.05) is 30.3 Å². The van der Waals surface area contributed by atoms with Crippen LogP contribution in [0.4, 0.5) is 4.79 Å². The van der Waals surface area contributed by atoms with Gasteiger partial charge in [0.25, 0.3) is 0 Å². The van der Waals surface area contributed by atoms with Gasteiger partial charge in [0.15, 0.2) is 0 Å². The molecule has 0 atom stereocenters. The topological polar surface area (TPSA) is 55.6 Å². The Morgan fingerprint density at radius 2 is 2.00 bits per heavy atom. The maximum absolute atomic E-state index is 11.8. The molecule has 0 fully saturated rings. The minimum atomic E-state index is -0.436. The van der Waals surface area contributed by atoms with Crippen molar-refractivity contribution in [1.29, 1.82) is 0 Å². The molecule has 1 amide bonds. The van der Waals surface area contributed by atoms with E-state index < -0.39 is 6.09 Å². The largest absolute Gasteiger partial charge is 0.444 e. The fourth-order valence-corrected chi connectivity index (χ4v) is 1.43. The van der Waals surface area contributed by atoms with Crippen molar-refractivity contribution in [3.8, 4) is 0 Å². The highest BCUT2D eigenvalue weighted by molar-refractivity contribution is 5.70. The molecule has 0 unspecified atom stereocenters. The Kier molecular flexibility index (Phi) is 3.81. The highest BCUT2D eigenvalue weighted by atomic mass is 16.6. The van der Waals surface area contributed by atoms with Crippen LogP contribution in [-0.2, 0) is 11.3 Å². The first-order valence-corrected chi connectivity index (χ1v) is 5.57. The number of hydrogen-bond donors (Lipinski definition) is 1.